The molecule has 1 N–H and O–H groups in total. The summed E-state index contributed by atoms with van der Waals surface area (Å²) in [7, 11) is 0. The molecule has 0 spiro atoms. The Bertz CT molecular complexity index is 420. The van der Waals surface area contributed by atoms with Crippen LogP contribution in [0.25, 0.3) is 0 Å². The fourth-order valence-corrected chi connectivity index (χ4v) is 2.66. The lowest BCUT2D eigenvalue weighted by Crippen LogP contribution is -2.36. The van der Waals surface area contributed by atoms with Gasteiger partial charge >= 0.3 is 5.63 Å². The summed E-state index contributed by atoms with van der Waals surface area (Å²) < 4.78 is 4.87. The normalized spacial score (nSPS) is 16.0. The Labute approximate surface area is 115 Å². The van der Waals surface area contributed by atoms with Gasteiger partial charge in [-0.15, -0.1) is 0 Å². The van der Waals surface area contributed by atoms with Gasteiger partial charge in [0.1, 0.15) is 0 Å². The Morgan fingerprint density at radius 3 is 2.63 bits per heavy atom. The highest BCUT2D eigenvalue weighted by atomic mass is 16.4. The first-order valence-corrected chi connectivity index (χ1v) is 7.34. The van der Waals surface area contributed by atoms with Crippen molar-refractivity contribution in [3.8, 4) is 0 Å². The summed E-state index contributed by atoms with van der Waals surface area (Å²) in [6, 6.07) is 3.33. The molecule has 0 saturated carbocycles. The van der Waals surface area contributed by atoms with Crippen LogP contribution in [0.15, 0.2) is 27.6 Å². The van der Waals surface area contributed by atoms with Crippen LogP contribution in [-0.2, 0) is 5.60 Å². The summed E-state index contributed by atoms with van der Waals surface area (Å²) in [5, 5.41) is 10.7. The van der Waals surface area contributed by atoms with Crippen LogP contribution in [0, 0.1) is 5.92 Å². The number of unbranched alkanes of at least 4 members (excludes halogenated alkanes) is 3. The van der Waals surface area contributed by atoms with E-state index in [-0.39, 0.29) is 5.92 Å². The molecule has 1 heterocycles. The average Bonchev–Trinajstić information content (AvgIpc) is 2.39. The van der Waals surface area contributed by atoms with Crippen molar-refractivity contribution in [2.45, 2.75) is 64.9 Å². The van der Waals surface area contributed by atoms with Crippen LogP contribution in [0.2, 0.25) is 0 Å². The first-order chi connectivity index (χ1) is 9.04. The van der Waals surface area contributed by atoms with E-state index in [1.807, 2.05) is 0 Å². The van der Waals surface area contributed by atoms with E-state index in [9.17, 15) is 9.90 Å². The lowest BCUT2D eigenvalue weighted by atomic mass is 9.79. The van der Waals surface area contributed by atoms with E-state index in [1.165, 1.54) is 25.5 Å². The van der Waals surface area contributed by atoms with E-state index in [4.69, 9.17) is 4.42 Å². The average molecular weight is 266 g/mol. The van der Waals surface area contributed by atoms with E-state index in [1.54, 1.807) is 19.1 Å². The molecular weight excluding hydrogens is 240 g/mol. The highest BCUT2D eigenvalue weighted by molar-refractivity contribution is 5.16. The fraction of sp³-hybridized carbons (Fsp3) is 0.688. The number of aliphatic hydroxyl groups is 1. The van der Waals surface area contributed by atoms with Gasteiger partial charge in [-0.2, -0.15) is 0 Å². The largest absolute Gasteiger partial charge is 0.431 e. The molecule has 3 heteroatoms. The molecule has 2 unspecified atom stereocenters. The van der Waals surface area contributed by atoms with Crippen LogP contribution in [-0.4, -0.2) is 5.11 Å². The summed E-state index contributed by atoms with van der Waals surface area (Å²) in [4.78, 5) is 11.7. The molecule has 0 bridgehead atoms. The van der Waals surface area contributed by atoms with Crippen LogP contribution in [0.4, 0.5) is 0 Å². The molecule has 108 valence electrons. The van der Waals surface area contributed by atoms with E-state index >= 15 is 0 Å². The molecule has 1 aromatic rings. The highest BCUT2D eigenvalue weighted by Gasteiger charge is 2.34. The molecule has 0 aliphatic rings. The van der Waals surface area contributed by atoms with Crippen molar-refractivity contribution in [1.29, 1.82) is 0 Å². The third kappa shape index (κ3) is 4.20. The second kappa shape index (κ2) is 7.49. The van der Waals surface area contributed by atoms with Gasteiger partial charge in [0.15, 0.2) is 0 Å². The third-order valence-corrected chi connectivity index (χ3v) is 3.98. The first kappa shape index (κ1) is 16.0. The third-order valence-electron chi connectivity index (χ3n) is 3.98. The van der Waals surface area contributed by atoms with Crippen LogP contribution in [0.3, 0.4) is 0 Å². The number of hydrogen-bond acceptors (Lipinski definition) is 3. The Kier molecular flexibility index (Phi) is 6.29. The van der Waals surface area contributed by atoms with Gasteiger partial charge in [0.2, 0.25) is 0 Å². The monoisotopic (exact) mass is 266 g/mol. The van der Waals surface area contributed by atoms with Crippen molar-refractivity contribution in [1.82, 2.24) is 0 Å². The van der Waals surface area contributed by atoms with E-state index < -0.39 is 11.2 Å². The summed E-state index contributed by atoms with van der Waals surface area (Å²) in [5.74, 6) is 0.0923. The fourth-order valence-electron chi connectivity index (χ4n) is 2.66. The molecule has 0 amide bonds. The zero-order valence-electron chi connectivity index (χ0n) is 12.3. The second-order valence-corrected chi connectivity index (χ2v) is 5.42. The molecule has 0 saturated heterocycles. The van der Waals surface area contributed by atoms with Crippen molar-refractivity contribution in [3.05, 3.63) is 34.4 Å². The minimum Gasteiger partial charge on any atom is -0.431 e. The van der Waals surface area contributed by atoms with Gasteiger partial charge in [-0.05, 0) is 31.4 Å². The van der Waals surface area contributed by atoms with Crippen LogP contribution in [0.5, 0.6) is 0 Å². The van der Waals surface area contributed by atoms with Gasteiger partial charge in [-0.25, -0.2) is 4.79 Å². The van der Waals surface area contributed by atoms with Gasteiger partial charge in [0.25, 0.3) is 0 Å². The minimum absolute atomic E-state index is 0.0923. The van der Waals surface area contributed by atoms with E-state index in [0.717, 1.165) is 19.3 Å². The van der Waals surface area contributed by atoms with Crippen LogP contribution >= 0.6 is 0 Å². The molecule has 0 fully saturated rings. The van der Waals surface area contributed by atoms with Crippen molar-refractivity contribution in [2.75, 3.05) is 0 Å². The van der Waals surface area contributed by atoms with Gasteiger partial charge in [-0.1, -0.05) is 46.0 Å². The number of hydrogen-bond donors (Lipinski definition) is 1. The van der Waals surface area contributed by atoms with E-state index in [2.05, 4.69) is 13.8 Å². The van der Waals surface area contributed by atoms with Gasteiger partial charge in [0, 0.05) is 0 Å². The zero-order valence-corrected chi connectivity index (χ0v) is 12.3. The summed E-state index contributed by atoms with van der Waals surface area (Å²) in [6.07, 6.45) is 7.87. The summed E-state index contributed by atoms with van der Waals surface area (Å²) >= 11 is 0. The van der Waals surface area contributed by atoms with Crippen molar-refractivity contribution < 1.29 is 9.52 Å². The Hall–Kier alpha value is -1.09. The lowest BCUT2D eigenvalue weighted by molar-refractivity contribution is -0.0154. The first-order valence-electron chi connectivity index (χ1n) is 7.34. The predicted molar refractivity (Wildman–Crippen MR) is 77.1 cm³/mol. The summed E-state index contributed by atoms with van der Waals surface area (Å²) in [5.41, 5.74) is -1.17. The Morgan fingerprint density at radius 2 is 2.05 bits per heavy atom. The molecular formula is C16H26O3. The lowest BCUT2D eigenvalue weighted by Gasteiger charge is -2.31. The van der Waals surface area contributed by atoms with Crippen molar-refractivity contribution >= 4 is 0 Å². The molecule has 0 aliphatic heterocycles. The maximum Gasteiger partial charge on any atom is 0.341 e. The maximum absolute atomic E-state index is 11.7. The Balaban J connectivity index is 2.78. The van der Waals surface area contributed by atoms with Gasteiger partial charge in [0.05, 0.1) is 17.4 Å². The molecule has 1 aromatic heterocycles. The van der Waals surface area contributed by atoms with Crippen molar-refractivity contribution in [3.63, 3.8) is 0 Å². The van der Waals surface area contributed by atoms with E-state index in [0.29, 0.717) is 5.56 Å². The summed E-state index contributed by atoms with van der Waals surface area (Å²) in [6.45, 7) is 5.97. The second-order valence-electron chi connectivity index (χ2n) is 5.42. The van der Waals surface area contributed by atoms with Gasteiger partial charge < -0.3 is 9.52 Å². The molecule has 0 aliphatic carbocycles. The molecule has 0 radical (unpaired) electrons. The smallest absolute Gasteiger partial charge is 0.341 e. The number of rotatable bonds is 8. The predicted octanol–water partition coefficient (Wildman–Crippen LogP) is 3.84. The molecule has 3 nitrogen and oxygen atoms in total. The molecule has 2 atom stereocenters. The topological polar surface area (TPSA) is 50.4 Å². The zero-order chi connectivity index (χ0) is 14.3. The quantitative estimate of drug-likeness (QED) is 0.727. The van der Waals surface area contributed by atoms with Crippen LogP contribution in [0.1, 0.15) is 64.9 Å². The standard InChI is InChI=1S/C16H26O3/c1-4-6-7-8-10-13(5-2)16(3,18)14-11-9-12-19-15(14)17/h9,11-13,18H,4-8,10H2,1-3H3. The SMILES string of the molecule is CCCCCCC(CC)C(C)(O)c1cccoc1=O. The Morgan fingerprint density at radius 1 is 1.32 bits per heavy atom. The van der Waals surface area contributed by atoms with Crippen molar-refractivity contribution in [2.24, 2.45) is 5.92 Å². The molecule has 19 heavy (non-hydrogen) atoms. The minimum atomic E-state index is -1.11. The van der Waals surface area contributed by atoms with Gasteiger partial charge in [-0.3, -0.25) is 0 Å². The highest BCUT2D eigenvalue weighted by Crippen LogP contribution is 2.33. The molecule has 0 aromatic carbocycles. The molecule has 1 rings (SSSR count). The van der Waals surface area contributed by atoms with Crippen LogP contribution < -0.4 is 5.63 Å². The maximum atomic E-state index is 11.7.